The number of hydrogen-bond acceptors (Lipinski definition) is 10. The maximum atomic E-state index is 12.9. The van der Waals surface area contributed by atoms with Crippen molar-refractivity contribution in [2.45, 2.75) is 40.2 Å². The average Bonchev–Trinajstić information content (AvgIpc) is 2.67. The number of carbonyl (C=O) groups is 5. The minimum Gasteiger partial charge on any atom is -0.484 e. The number of carbonyl (C=O) groups excluding carboxylic acids is 5. The largest absolute Gasteiger partial charge is 0.484 e. The summed E-state index contributed by atoms with van der Waals surface area (Å²) in [6, 6.07) is 6.99. The molecule has 1 aliphatic heterocycles. The van der Waals surface area contributed by atoms with E-state index in [2.05, 4.69) is 0 Å². The first kappa shape index (κ1) is 23.5. The maximum absolute atomic E-state index is 12.9. The monoisotopic (exact) mass is 456 g/mol. The molecule has 0 saturated carbocycles. The average molecular weight is 456 g/mol. The van der Waals surface area contributed by atoms with Gasteiger partial charge in [-0.3, -0.25) is 24.0 Å². The fraction of sp³-hybridized carbons (Fsp3) is 0.261. The molecule has 10 nitrogen and oxygen atoms in total. The number of hydrogen-bond donors (Lipinski definition) is 0. The molecule has 1 heterocycles. The molecule has 33 heavy (non-hydrogen) atoms. The van der Waals surface area contributed by atoms with Gasteiger partial charge in [-0.1, -0.05) is 6.07 Å². The van der Waals surface area contributed by atoms with Crippen molar-refractivity contribution in [2.24, 2.45) is 0 Å². The number of ketones is 1. The van der Waals surface area contributed by atoms with Gasteiger partial charge in [0.1, 0.15) is 28.9 Å². The van der Waals surface area contributed by atoms with Crippen LogP contribution in [0.1, 0.15) is 56.1 Å². The second kappa shape index (κ2) is 9.51. The first-order valence-corrected chi connectivity index (χ1v) is 9.79. The second-order valence-corrected chi connectivity index (χ2v) is 7.11. The Bertz CT molecular complexity index is 1160. The standard InChI is InChI=1S/C23H20O10/c1-11(24)29-16-8-21(32-14(4)27)23-17(28)10-19(33-22(23)9-16)15-5-6-18(30-12(2)25)20(7-15)31-13(3)26/h5-9,19H,10H2,1-4H3/t19-/m0/s1. The number of fused-ring (bicyclic) bond motifs is 1. The van der Waals surface area contributed by atoms with E-state index in [1.807, 2.05) is 0 Å². The highest BCUT2D eigenvalue weighted by atomic mass is 16.6. The molecular formula is C23H20O10. The summed E-state index contributed by atoms with van der Waals surface area (Å²) in [6.45, 7) is 4.75. The van der Waals surface area contributed by atoms with Crippen molar-refractivity contribution in [2.75, 3.05) is 0 Å². The lowest BCUT2D eigenvalue weighted by atomic mass is 9.95. The molecule has 2 aromatic rings. The Morgan fingerprint density at radius 2 is 1.33 bits per heavy atom. The first-order valence-electron chi connectivity index (χ1n) is 9.79. The number of benzene rings is 2. The number of rotatable bonds is 5. The third-order valence-corrected chi connectivity index (χ3v) is 4.32. The fourth-order valence-corrected chi connectivity index (χ4v) is 3.24. The highest BCUT2D eigenvalue weighted by molar-refractivity contribution is 6.03. The predicted octanol–water partition coefficient (Wildman–Crippen LogP) is 3.09. The zero-order chi connectivity index (χ0) is 24.3. The van der Waals surface area contributed by atoms with Gasteiger partial charge in [-0.15, -0.1) is 0 Å². The molecule has 0 saturated heterocycles. The molecule has 3 rings (SSSR count). The summed E-state index contributed by atoms with van der Waals surface area (Å²) in [4.78, 5) is 58.6. The van der Waals surface area contributed by atoms with Gasteiger partial charge in [-0.05, 0) is 17.7 Å². The van der Waals surface area contributed by atoms with E-state index in [1.165, 1.54) is 52.0 Å². The maximum Gasteiger partial charge on any atom is 0.308 e. The Morgan fingerprint density at radius 3 is 1.94 bits per heavy atom. The molecule has 10 heteroatoms. The summed E-state index contributed by atoms with van der Waals surface area (Å²) in [7, 11) is 0. The Hall–Kier alpha value is -4.21. The van der Waals surface area contributed by atoms with E-state index in [1.54, 1.807) is 6.07 Å². The topological polar surface area (TPSA) is 132 Å². The minimum absolute atomic E-state index is 0.0219. The lowest BCUT2D eigenvalue weighted by molar-refractivity contribution is -0.134. The van der Waals surface area contributed by atoms with Crippen molar-refractivity contribution in [3.8, 4) is 28.7 Å². The molecule has 0 spiro atoms. The van der Waals surface area contributed by atoms with Crippen LogP contribution in [0.3, 0.4) is 0 Å². The van der Waals surface area contributed by atoms with Crippen LogP contribution >= 0.6 is 0 Å². The molecule has 0 aromatic heterocycles. The van der Waals surface area contributed by atoms with Crippen LogP contribution in [0.25, 0.3) is 0 Å². The minimum atomic E-state index is -0.816. The van der Waals surface area contributed by atoms with Crippen molar-refractivity contribution in [1.82, 2.24) is 0 Å². The summed E-state index contributed by atoms with van der Waals surface area (Å²) < 4.78 is 26.3. The molecule has 0 amide bonds. The molecule has 0 fully saturated rings. The molecule has 0 unspecified atom stereocenters. The Kier molecular flexibility index (Phi) is 6.76. The molecule has 1 atom stereocenters. The van der Waals surface area contributed by atoms with E-state index in [9.17, 15) is 24.0 Å². The van der Waals surface area contributed by atoms with E-state index < -0.39 is 30.0 Å². The van der Waals surface area contributed by atoms with Gasteiger partial charge in [0.05, 0.1) is 6.42 Å². The highest BCUT2D eigenvalue weighted by Crippen LogP contribution is 2.43. The SMILES string of the molecule is CC(=O)Oc1cc(OC(C)=O)c2c(c1)O[C@H](c1ccc(OC(C)=O)c(OC(C)=O)c1)CC2=O. The van der Waals surface area contributed by atoms with Gasteiger partial charge < -0.3 is 23.7 Å². The van der Waals surface area contributed by atoms with E-state index >= 15 is 0 Å². The second-order valence-electron chi connectivity index (χ2n) is 7.11. The van der Waals surface area contributed by atoms with Gasteiger partial charge in [-0.2, -0.15) is 0 Å². The third kappa shape index (κ3) is 5.73. The number of ether oxygens (including phenoxy) is 5. The first-order chi connectivity index (χ1) is 15.5. The van der Waals surface area contributed by atoms with Crippen molar-refractivity contribution in [1.29, 1.82) is 0 Å². The van der Waals surface area contributed by atoms with Crippen LogP contribution < -0.4 is 23.7 Å². The molecule has 172 valence electrons. The van der Waals surface area contributed by atoms with Crippen molar-refractivity contribution in [3.63, 3.8) is 0 Å². The van der Waals surface area contributed by atoms with E-state index in [0.29, 0.717) is 5.56 Å². The summed E-state index contributed by atoms with van der Waals surface area (Å²) in [5.74, 6) is -2.93. The van der Waals surface area contributed by atoms with E-state index in [4.69, 9.17) is 23.7 Å². The Balaban J connectivity index is 2.02. The summed E-state index contributed by atoms with van der Waals surface area (Å²) >= 11 is 0. The highest BCUT2D eigenvalue weighted by Gasteiger charge is 2.33. The number of Topliss-reactive ketones (excluding diaryl/α,β-unsaturated/α-hetero) is 1. The van der Waals surface area contributed by atoms with E-state index in [0.717, 1.165) is 0 Å². The fourth-order valence-electron chi connectivity index (χ4n) is 3.24. The van der Waals surface area contributed by atoms with Crippen LogP contribution in [-0.2, 0) is 19.2 Å². The summed E-state index contributed by atoms with van der Waals surface area (Å²) in [6.07, 6.45) is -0.941. The normalized spacial score (nSPS) is 14.4. The Labute approximate surface area is 188 Å². The van der Waals surface area contributed by atoms with Gasteiger partial charge in [0.25, 0.3) is 0 Å². The molecule has 0 N–H and O–H groups in total. The van der Waals surface area contributed by atoms with Crippen molar-refractivity contribution < 1.29 is 47.7 Å². The third-order valence-electron chi connectivity index (χ3n) is 4.32. The quantitative estimate of drug-likeness (QED) is 0.488. The Morgan fingerprint density at radius 1 is 0.758 bits per heavy atom. The molecule has 0 aliphatic carbocycles. The molecule has 0 radical (unpaired) electrons. The van der Waals surface area contributed by atoms with Crippen LogP contribution in [0.5, 0.6) is 28.7 Å². The van der Waals surface area contributed by atoms with Crippen LogP contribution in [0.4, 0.5) is 0 Å². The smallest absolute Gasteiger partial charge is 0.308 e. The van der Waals surface area contributed by atoms with Gasteiger partial charge in [0.15, 0.2) is 17.3 Å². The van der Waals surface area contributed by atoms with Gasteiger partial charge in [-0.25, -0.2) is 0 Å². The zero-order valence-electron chi connectivity index (χ0n) is 18.3. The lowest BCUT2D eigenvalue weighted by Gasteiger charge is -2.27. The number of esters is 4. The van der Waals surface area contributed by atoms with Crippen LogP contribution in [0, 0.1) is 0 Å². The summed E-state index contributed by atoms with van der Waals surface area (Å²) in [5, 5.41) is 0. The van der Waals surface area contributed by atoms with Gasteiger partial charge >= 0.3 is 23.9 Å². The van der Waals surface area contributed by atoms with Gasteiger partial charge in [0, 0.05) is 39.8 Å². The lowest BCUT2D eigenvalue weighted by Crippen LogP contribution is -2.22. The predicted molar refractivity (Wildman–Crippen MR) is 110 cm³/mol. The molecular weight excluding hydrogens is 436 g/mol. The van der Waals surface area contributed by atoms with E-state index in [-0.39, 0.29) is 46.5 Å². The van der Waals surface area contributed by atoms with Crippen LogP contribution in [0.2, 0.25) is 0 Å². The van der Waals surface area contributed by atoms with Gasteiger partial charge in [0.2, 0.25) is 0 Å². The zero-order valence-corrected chi connectivity index (χ0v) is 18.3. The van der Waals surface area contributed by atoms with Crippen LogP contribution in [-0.4, -0.2) is 29.7 Å². The van der Waals surface area contributed by atoms with Crippen LogP contribution in [0.15, 0.2) is 30.3 Å². The van der Waals surface area contributed by atoms with Crippen molar-refractivity contribution in [3.05, 3.63) is 41.5 Å². The molecule has 2 aromatic carbocycles. The molecule has 0 bridgehead atoms. The molecule has 1 aliphatic rings. The van der Waals surface area contributed by atoms with Crippen molar-refractivity contribution >= 4 is 29.7 Å². The summed E-state index contributed by atoms with van der Waals surface area (Å²) in [5.41, 5.74) is 0.488.